The molecule has 0 aromatic heterocycles. The van der Waals surface area contributed by atoms with Gasteiger partial charge in [0, 0.05) is 12.3 Å². The van der Waals surface area contributed by atoms with E-state index in [4.69, 9.17) is 0 Å². The van der Waals surface area contributed by atoms with Crippen molar-refractivity contribution in [3.05, 3.63) is 0 Å². The smallest absolute Gasteiger partial charge is 0.00397 e. The normalized spacial score (nSPS) is 10.8. The number of nitrogens with one attached hydrogen (secondary N) is 1. The topological polar surface area (TPSA) is 15.3 Å². The maximum absolute atomic E-state index is 4.09. The van der Waals surface area contributed by atoms with E-state index in [9.17, 15) is 0 Å². The van der Waals surface area contributed by atoms with Crippen molar-refractivity contribution < 1.29 is 0 Å². The van der Waals surface area contributed by atoms with E-state index in [0.717, 1.165) is 18.8 Å². The van der Waals surface area contributed by atoms with Crippen LogP contribution in [0.1, 0.15) is 6.42 Å². The van der Waals surface area contributed by atoms with Crippen molar-refractivity contribution in [2.45, 2.75) is 6.42 Å². The summed E-state index contributed by atoms with van der Waals surface area (Å²) in [4.78, 5) is 2.20. The van der Waals surface area contributed by atoms with Crippen LogP contribution in [0, 0.1) is 0 Å². The van der Waals surface area contributed by atoms with Gasteiger partial charge in [0.05, 0.1) is 0 Å². The van der Waals surface area contributed by atoms with Crippen molar-refractivity contribution in [2.24, 2.45) is 0 Å². The Labute approximate surface area is 69.4 Å². The number of rotatable bonds is 6. The average molecular weight is 162 g/mol. The van der Waals surface area contributed by atoms with E-state index < -0.39 is 0 Å². The Kier molecular flexibility index (Phi) is 7.58. The van der Waals surface area contributed by atoms with Crippen LogP contribution in [0.4, 0.5) is 0 Å². The molecule has 62 valence electrons. The van der Waals surface area contributed by atoms with Gasteiger partial charge in [-0.25, -0.2) is 0 Å². The lowest BCUT2D eigenvalue weighted by molar-refractivity contribution is 0.396. The molecule has 0 aromatic rings. The quantitative estimate of drug-likeness (QED) is 0.436. The maximum Gasteiger partial charge on any atom is 0.00397 e. The Morgan fingerprint density at radius 2 is 2.00 bits per heavy atom. The highest BCUT2D eigenvalue weighted by Crippen LogP contribution is 1.80. The number of hydrogen-bond donors (Lipinski definition) is 2. The molecule has 0 heterocycles. The van der Waals surface area contributed by atoms with Crippen LogP contribution in [0.15, 0.2) is 0 Å². The van der Waals surface area contributed by atoms with Gasteiger partial charge >= 0.3 is 0 Å². The van der Waals surface area contributed by atoms with Gasteiger partial charge in [-0.1, -0.05) is 0 Å². The fourth-order valence-corrected chi connectivity index (χ4v) is 0.882. The summed E-state index contributed by atoms with van der Waals surface area (Å²) in [6.07, 6.45) is 1.22. The van der Waals surface area contributed by atoms with Gasteiger partial charge < -0.3 is 10.2 Å². The molecule has 0 radical (unpaired) electrons. The molecular weight excluding hydrogens is 144 g/mol. The lowest BCUT2D eigenvalue weighted by atomic mass is 10.4. The molecule has 0 fully saturated rings. The number of thiol groups is 1. The van der Waals surface area contributed by atoms with Gasteiger partial charge in [0.2, 0.25) is 0 Å². The monoisotopic (exact) mass is 162 g/mol. The van der Waals surface area contributed by atoms with Crippen LogP contribution >= 0.6 is 12.6 Å². The van der Waals surface area contributed by atoms with Crippen molar-refractivity contribution in [1.29, 1.82) is 0 Å². The van der Waals surface area contributed by atoms with E-state index in [1.165, 1.54) is 13.0 Å². The fourth-order valence-electron chi connectivity index (χ4n) is 0.724. The third kappa shape index (κ3) is 8.27. The molecule has 0 saturated heterocycles. The van der Waals surface area contributed by atoms with Gasteiger partial charge in [0.15, 0.2) is 0 Å². The van der Waals surface area contributed by atoms with Crippen LogP contribution in [-0.4, -0.2) is 44.4 Å². The molecule has 3 heteroatoms. The van der Waals surface area contributed by atoms with Crippen molar-refractivity contribution >= 4 is 12.6 Å². The van der Waals surface area contributed by atoms with Crippen LogP contribution in [-0.2, 0) is 0 Å². The molecule has 0 unspecified atom stereocenters. The second-order valence-electron chi connectivity index (χ2n) is 2.63. The molecule has 1 N–H and O–H groups in total. The first-order chi connectivity index (χ1) is 4.77. The first-order valence-electron chi connectivity index (χ1n) is 3.73. The van der Waals surface area contributed by atoms with Gasteiger partial charge in [0.1, 0.15) is 0 Å². The second kappa shape index (κ2) is 7.38. The Morgan fingerprint density at radius 1 is 1.30 bits per heavy atom. The zero-order valence-electron chi connectivity index (χ0n) is 6.93. The van der Waals surface area contributed by atoms with Gasteiger partial charge in [-0.2, -0.15) is 12.6 Å². The van der Waals surface area contributed by atoms with Gasteiger partial charge in [-0.05, 0) is 33.6 Å². The summed E-state index contributed by atoms with van der Waals surface area (Å²) in [5, 5.41) is 3.29. The number of hydrogen-bond acceptors (Lipinski definition) is 3. The summed E-state index contributed by atoms with van der Waals surface area (Å²) in [5.74, 6) is 0.933. The van der Waals surface area contributed by atoms with E-state index in [-0.39, 0.29) is 0 Å². The molecule has 0 aromatic carbocycles. The van der Waals surface area contributed by atoms with Gasteiger partial charge in [0.25, 0.3) is 0 Å². The summed E-state index contributed by atoms with van der Waals surface area (Å²) in [7, 11) is 4.19. The molecular formula is C7H18N2S. The minimum absolute atomic E-state index is 0.933. The number of nitrogens with zero attached hydrogens (tertiary/aromatic N) is 1. The predicted molar refractivity (Wildman–Crippen MR) is 49.9 cm³/mol. The zero-order chi connectivity index (χ0) is 7.82. The van der Waals surface area contributed by atoms with Crippen LogP contribution in [0.25, 0.3) is 0 Å². The first-order valence-corrected chi connectivity index (χ1v) is 4.37. The summed E-state index contributed by atoms with van der Waals surface area (Å²) in [5.41, 5.74) is 0. The Balaban J connectivity index is 2.77. The van der Waals surface area contributed by atoms with E-state index in [1.54, 1.807) is 0 Å². The van der Waals surface area contributed by atoms with Crippen molar-refractivity contribution in [2.75, 3.05) is 39.5 Å². The van der Waals surface area contributed by atoms with Crippen molar-refractivity contribution in [3.8, 4) is 0 Å². The van der Waals surface area contributed by atoms with Crippen molar-refractivity contribution in [3.63, 3.8) is 0 Å². The maximum atomic E-state index is 4.09. The molecule has 0 aliphatic heterocycles. The molecule has 0 spiro atoms. The van der Waals surface area contributed by atoms with E-state index in [1.807, 2.05) is 0 Å². The molecule has 0 saturated carbocycles. The molecule has 0 aliphatic rings. The van der Waals surface area contributed by atoms with E-state index in [2.05, 4.69) is 36.9 Å². The van der Waals surface area contributed by atoms with Crippen LogP contribution in [0.2, 0.25) is 0 Å². The van der Waals surface area contributed by atoms with Crippen molar-refractivity contribution in [1.82, 2.24) is 10.2 Å². The third-order valence-electron chi connectivity index (χ3n) is 1.25. The van der Waals surface area contributed by atoms with Gasteiger partial charge in [-0.3, -0.25) is 0 Å². The largest absolute Gasteiger partial charge is 0.316 e. The highest BCUT2D eigenvalue weighted by atomic mass is 32.1. The lowest BCUT2D eigenvalue weighted by Gasteiger charge is -2.08. The molecule has 0 atom stereocenters. The van der Waals surface area contributed by atoms with Crippen LogP contribution < -0.4 is 5.32 Å². The predicted octanol–water partition coefficient (Wildman–Crippen LogP) is 0.458. The SMILES string of the molecule is CN(C)CCCNCCS. The summed E-state index contributed by atoms with van der Waals surface area (Å²) in [6.45, 7) is 3.30. The summed E-state index contributed by atoms with van der Waals surface area (Å²) >= 11 is 4.09. The standard InChI is InChI=1S/C7H18N2S/c1-9(2)6-3-4-8-5-7-10/h8,10H,3-7H2,1-2H3. The lowest BCUT2D eigenvalue weighted by Crippen LogP contribution is -2.22. The third-order valence-corrected chi connectivity index (χ3v) is 1.47. The highest BCUT2D eigenvalue weighted by molar-refractivity contribution is 7.80. The van der Waals surface area contributed by atoms with Crippen LogP contribution in [0.5, 0.6) is 0 Å². The molecule has 10 heavy (non-hydrogen) atoms. The molecule has 2 nitrogen and oxygen atoms in total. The Hall–Kier alpha value is 0.270. The Morgan fingerprint density at radius 3 is 2.50 bits per heavy atom. The highest BCUT2D eigenvalue weighted by Gasteiger charge is 1.88. The zero-order valence-corrected chi connectivity index (χ0v) is 7.82. The Bertz CT molecular complexity index is 66.6. The molecule has 0 rings (SSSR count). The van der Waals surface area contributed by atoms with Gasteiger partial charge in [-0.15, -0.1) is 0 Å². The minimum Gasteiger partial charge on any atom is -0.316 e. The first kappa shape index (κ1) is 10.3. The molecule has 0 bridgehead atoms. The minimum atomic E-state index is 0.933. The van der Waals surface area contributed by atoms with E-state index >= 15 is 0 Å². The average Bonchev–Trinajstić information content (AvgIpc) is 1.87. The van der Waals surface area contributed by atoms with E-state index in [0.29, 0.717) is 0 Å². The fraction of sp³-hybridized carbons (Fsp3) is 1.00. The summed E-state index contributed by atoms with van der Waals surface area (Å²) < 4.78 is 0. The van der Waals surface area contributed by atoms with Crippen LogP contribution in [0.3, 0.4) is 0 Å². The summed E-state index contributed by atoms with van der Waals surface area (Å²) in [6, 6.07) is 0. The molecule has 0 amide bonds. The second-order valence-corrected chi connectivity index (χ2v) is 3.08. The molecule has 0 aliphatic carbocycles.